The van der Waals surface area contributed by atoms with Crippen molar-refractivity contribution in [3.63, 3.8) is 0 Å². The van der Waals surface area contributed by atoms with Gasteiger partial charge >= 0.3 is 0 Å². The maximum Gasteiger partial charge on any atom is 0.192 e. The molecule has 0 radical (unpaired) electrons. The van der Waals surface area contributed by atoms with Crippen LogP contribution in [-0.2, 0) is 9.26 Å². The van der Waals surface area contributed by atoms with Crippen LogP contribution >= 0.6 is 0 Å². The van der Waals surface area contributed by atoms with E-state index in [1.54, 1.807) is 7.11 Å². The van der Waals surface area contributed by atoms with Crippen LogP contribution in [0.1, 0.15) is 92.4 Å². The highest BCUT2D eigenvalue weighted by Gasteiger charge is 2.60. The van der Waals surface area contributed by atoms with Crippen LogP contribution in [0.5, 0.6) is 0 Å². The number of hydrogen-bond acceptors (Lipinski definition) is 3. The van der Waals surface area contributed by atoms with Crippen molar-refractivity contribution >= 4 is 14.0 Å². The molecule has 0 N–H and O–H groups in total. The van der Waals surface area contributed by atoms with Gasteiger partial charge in [-0.05, 0) is 105 Å². The Kier molecular flexibility index (Phi) is 5.79. The topological polar surface area (TPSA) is 30.8 Å². The first-order valence-electron chi connectivity index (χ1n) is 12.7. The molecule has 0 aromatic carbocycles. The van der Waals surface area contributed by atoms with E-state index in [1.165, 1.54) is 57.1 Å². The highest BCUT2D eigenvalue weighted by molar-refractivity contribution is 6.74. The Hall–Kier alpha value is -0.353. The Morgan fingerprint density at radius 1 is 0.967 bits per heavy atom. The molecule has 30 heavy (non-hydrogen) atoms. The summed E-state index contributed by atoms with van der Waals surface area (Å²) in [6, 6.07) is 0. The van der Waals surface area contributed by atoms with Gasteiger partial charge in [0.2, 0.25) is 0 Å². The van der Waals surface area contributed by atoms with Crippen LogP contribution in [0.15, 0.2) is 5.16 Å². The van der Waals surface area contributed by atoms with Crippen LogP contribution in [0.4, 0.5) is 0 Å². The fourth-order valence-corrected chi connectivity index (χ4v) is 9.37. The monoisotopic (exact) mass is 433 g/mol. The minimum Gasteiger partial charge on any atom is -0.414 e. The molecule has 0 aromatic heterocycles. The molecule has 7 atom stereocenters. The minimum atomic E-state index is -1.68. The zero-order valence-corrected chi connectivity index (χ0v) is 22.0. The molecule has 4 aliphatic carbocycles. The lowest BCUT2D eigenvalue weighted by molar-refractivity contribution is -0.112. The standard InChI is InChI=1S/C26H47NO2Si/c1-24(2,3)30(7,8)29-19-13-15-25(4)18(17-19)9-10-20-21-11-12-23(27-28-6)26(21,5)16-14-22(20)25/h18-22H,9-17H2,1-8H3/t18-,19+,20?,21?,22?,25-,26-/m0/s1. The Balaban J connectivity index is 1.48. The predicted octanol–water partition coefficient (Wildman–Crippen LogP) is 7.42. The van der Waals surface area contributed by atoms with Gasteiger partial charge in [0.1, 0.15) is 7.11 Å². The van der Waals surface area contributed by atoms with E-state index in [0.29, 0.717) is 22.0 Å². The van der Waals surface area contributed by atoms with Crippen molar-refractivity contribution in [2.45, 2.75) is 117 Å². The van der Waals surface area contributed by atoms with Gasteiger partial charge in [0.15, 0.2) is 8.32 Å². The van der Waals surface area contributed by atoms with Crippen molar-refractivity contribution in [3.05, 3.63) is 0 Å². The van der Waals surface area contributed by atoms with Crippen LogP contribution in [0.25, 0.3) is 0 Å². The summed E-state index contributed by atoms with van der Waals surface area (Å²) in [6.45, 7) is 17.1. The van der Waals surface area contributed by atoms with E-state index in [1.807, 2.05) is 0 Å². The second-order valence-corrected chi connectivity index (χ2v) is 17.9. The number of oxime groups is 1. The summed E-state index contributed by atoms with van der Waals surface area (Å²) in [7, 11) is 0.0382. The van der Waals surface area contributed by atoms with Crippen LogP contribution in [0.3, 0.4) is 0 Å². The lowest BCUT2D eigenvalue weighted by Crippen LogP contribution is -2.55. The van der Waals surface area contributed by atoms with Gasteiger partial charge in [-0.25, -0.2) is 0 Å². The van der Waals surface area contributed by atoms with Gasteiger partial charge in [-0.3, -0.25) is 0 Å². The maximum atomic E-state index is 6.91. The van der Waals surface area contributed by atoms with Gasteiger partial charge in [-0.15, -0.1) is 0 Å². The Labute approximate surface area is 186 Å². The normalized spacial score (nSPS) is 45.6. The second-order valence-electron chi connectivity index (χ2n) is 13.1. The molecule has 4 rings (SSSR count). The molecule has 0 aliphatic heterocycles. The van der Waals surface area contributed by atoms with Crippen LogP contribution in [0, 0.1) is 34.5 Å². The van der Waals surface area contributed by atoms with Crippen LogP contribution in [0.2, 0.25) is 18.1 Å². The minimum absolute atomic E-state index is 0.295. The lowest BCUT2D eigenvalue weighted by atomic mass is 9.45. The molecule has 0 saturated heterocycles. The SMILES string of the molecule is CON=C1CCC2C3CC[C@H]4C[C@H](O[Si](C)(C)C(C)(C)C)CC[C@]4(C)C3CC[C@]12C. The summed E-state index contributed by atoms with van der Waals surface area (Å²) in [5, 5.41) is 4.79. The molecule has 3 nitrogen and oxygen atoms in total. The quantitative estimate of drug-likeness (QED) is 0.342. The molecular weight excluding hydrogens is 386 g/mol. The molecule has 0 aromatic rings. The van der Waals surface area contributed by atoms with E-state index in [0.717, 1.165) is 30.1 Å². The molecule has 4 fully saturated rings. The molecule has 0 heterocycles. The summed E-state index contributed by atoms with van der Waals surface area (Å²) in [4.78, 5) is 5.23. The zero-order chi connectivity index (χ0) is 21.9. The van der Waals surface area contributed by atoms with Crippen LogP contribution < -0.4 is 0 Å². The smallest absolute Gasteiger partial charge is 0.192 e. The number of nitrogens with zero attached hydrogens (tertiary/aromatic N) is 1. The summed E-state index contributed by atoms with van der Waals surface area (Å²) in [5.41, 5.74) is 2.18. The second kappa shape index (κ2) is 7.61. The van der Waals surface area contributed by atoms with Gasteiger partial charge in [0.25, 0.3) is 0 Å². The maximum absolute atomic E-state index is 6.91. The molecule has 4 saturated carbocycles. The van der Waals surface area contributed by atoms with Crippen molar-refractivity contribution in [1.29, 1.82) is 0 Å². The van der Waals surface area contributed by atoms with E-state index in [9.17, 15) is 0 Å². The van der Waals surface area contributed by atoms with E-state index < -0.39 is 8.32 Å². The van der Waals surface area contributed by atoms with E-state index in [-0.39, 0.29) is 0 Å². The summed E-state index contributed by atoms with van der Waals surface area (Å²) in [6.07, 6.45) is 12.5. The number of rotatable bonds is 3. The van der Waals surface area contributed by atoms with Crippen molar-refractivity contribution in [3.8, 4) is 0 Å². The third-order valence-corrected chi connectivity index (χ3v) is 15.4. The first-order chi connectivity index (χ1) is 13.9. The summed E-state index contributed by atoms with van der Waals surface area (Å²) < 4.78 is 6.91. The first-order valence-corrected chi connectivity index (χ1v) is 15.6. The fraction of sp³-hybridized carbons (Fsp3) is 0.962. The third-order valence-electron chi connectivity index (χ3n) is 10.8. The average Bonchev–Trinajstić information content (AvgIpc) is 2.98. The van der Waals surface area contributed by atoms with Crippen molar-refractivity contribution < 1.29 is 9.26 Å². The van der Waals surface area contributed by atoms with Crippen LogP contribution in [-0.4, -0.2) is 27.2 Å². The van der Waals surface area contributed by atoms with E-state index in [4.69, 9.17) is 9.26 Å². The van der Waals surface area contributed by atoms with E-state index >= 15 is 0 Å². The molecule has 3 unspecified atom stereocenters. The Morgan fingerprint density at radius 3 is 2.37 bits per heavy atom. The molecule has 172 valence electrons. The molecule has 4 heteroatoms. The highest BCUT2D eigenvalue weighted by atomic mass is 28.4. The van der Waals surface area contributed by atoms with Gasteiger partial charge in [-0.2, -0.15) is 0 Å². The van der Waals surface area contributed by atoms with Gasteiger partial charge in [0.05, 0.1) is 5.71 Å². The van der Waals surface area contributed by atoms with Crippen molar-refractivity contribution in [2.24, 2.45) is 39.7 Å². The molecular formula is C26H47NO2Si. The molecule has 0 bridgehead atoms. The van der Waals surface area contributed by atoms with Crippen molar-refractivity contribution in [1.82, 2.24) is 0 Å². The van der Waals surface area contributed by atoms with E-state index in [2.05, 4.69) is 52.9 Å². The third kappa shape index (κ3) is 3.52. The van der Waals surface area contributed by atoms with Gasteiger partial charge in [-0.1, -0.05) is 39.8 Å². The molecule has 4 aliphatic rings. The summed E-state index contributed by atoms with van der Waals surface area (Å²) in [5.74, 6) is 3.49. The van der Waals surface area contributed by atoms with Crippen molar-refractivity contribution in [2.75, 3.05) is 7.11 Å². The van der Waals surface area contributed by atoms with Gasteiger partial charge in [0, 0.05) is 11.5 Å². The predicted molar refractivity (Wildman–Crippen MR) is 128 cm³/mol. The number of fused-ring (bicyclic) bond motifs is 5. The Bertz CT molecular complexity index is 683. The fourth-order valence-electron chi connectivity index (χ4n) is 7.97. The largest absolute Gasteiger partial charge is 0.414 e. The number of hydrogen-bond donors (Lipinski definition) is 0. The highest BCUT2D eigenvalue weighted by Crippen LogP contribution is 2.66. The first kappa shape index (κ1) is 22.8. The molecule has 0 amide bonds. The zero-order valence-electron chi connectivity index (χ0n) is 21.0. The average molecular weight is 434 g/mol. The van der Waals surface area contributed by atoms with Gasteiger partial charge < -0.3 is 9.26 Å². The summed E-state index contributed by atoms with van der Waals surface area (Å²) >= 11 is 0. The lowest BCUT2D eigenvalue weighted by Gasteiger charge is -2.60. The molecule has 0 spiro atoms. The Morgan fingerprint density at radius 2 is 1.70 bits per heavy atom.